The lowest BCUT2D eigenvalue weighted by atomic mass is 10.1. The van der Waals surface area contributed by atoms with Crippen molar-refractivity contribution >= 4 is 21.8 Å². The van der Waals surface area contributed by atoms with Gasteiger partial charge in [-0.2, -0.15) is 0 Å². The average Bonchev–Trinajstić information content (AvgIpc) is 2.41. The fourth-order valence-corrected chi connectivity index (χ4v) is 2.32. The number of carbonyl (C=O) groups is 1. The first-order valence-corrected chi connectivity index (χ1v) is 6.90. The highest BCUT2D eigenvalue weighted by molar-refractivity contribution is 9.10. The van der Waals surface area contributed by atoms with E-state index < -0.39 is 29.4 Å². The Kier molecular flexibility index (Phi) is 4.67. The molecule has 2 rings (SSSR count). The van der Waals surface area contributed by atoms with Crippen LogP contribution in [0.2, 0.25) is 0 Å². The van der Waals surface area contributed by atoms with Crippen LogP contribution in [0, 0.1) is 17.5 Å². The maximum Gasteiger partial charge on any atom is 0.254 e. The number of carbonyl (C=O) groups excluding carboxylic acids is 1. The minimum atomic E-state index is -0.933. The van der Waals surface area contributed by atoms with Gasteiger partial charge >= 0.3 is 0 Å². The number of hydrogen-bond donors (Lipinski definition) is 1. The van der Waals surface area contributed by atoms with Crippen molar-refractivity contribution in [1.82, 2.24) is 5.32 Å². The van der Waals surface area contributed by atoms with Crippen LogP contribution in [0.25, 0.3) is 0 Å². The molecule has 21 heavy (non-hydrogen) atoms. The van der Waals surface area contributed by atoms with E-state index in [0.29, 0.717) is 0 Å². The van der Waals surface area contributed by atoms with Crippen LogP contribution in [0.5, 0.6) is 0 Å². The summed E-state index contributed by atoms with van der Waals surface area (Å²) in [5, 5.41) is 2.38. The number of nitrogens with one attached hydrogen (secondary N) is 1. The van der Waals surface area contributed by atoms with Gasteiger partial charge in [-0.3, -0.25) is 4.79 Å². The largest absolute Gasteiger partial charge is 0.345 e. The Morgan fingerprint density at radius 2 is 1.67 bits per heavy atom. The van der Waals surface area contributed by atoms with Gasteiger partial charge in [0, 0.05) is 5.56 Å². The second-order valence-corrected chi connectivity index (χ2v) is 5.29. The van der Waals surface area contributed by atoms with Crippen LogP contribution in [0.15, 0.2) is 40.9 Å². The van der Waals surface area contributed by atoms with Gasteiger partial charge in [-0.25, -0.2) is 13.2 Å². The molecule has 110 valence electrons. The molecule has 2 nitrogen and oxygen atoms in total. The van der Waals surface area contributed by atoms with E-state index in [1.54, 1.807) is 0 Å². The van der Waals surface area contributed by atoms with Gasteiger partial charge in [0.05, 0.1) is 16.1 Å². The molecule has 0 fully saturated rings. The number of rotatable bonds is 3. The van der Waals surface area contributed by atoms with Crippen molar-refractivity contribution in [2.75, 3.05) is 0 Å². The van der Waals surface area contributed by atoms with E-state index in [2.05, 4.69) is 21.2 Å². The van der Waals surface area contributed by atoms with Crippen LogP contribution in [0.3, 0.4) is 0 Å². The van der Waals surface area contributed by atoms with Crippen molar-refractivity contribution in [3.05, 3.63) is 69.4 Å². The Labute approximate surface area is 128 Å². The lowest BCUT2D eigenvalue weighted by molar-refractivity contribution is 0.0934. The molecule has 1 atom stereocenters. The molecule has 0 radical (unpaired) electrons. The summed E-state index contributed by atoms with van der Waals surface area (Å²) >= 11 is 2.97. The average molecular weight is 358 g/mol. The zero-order chi connectivity index (χ0) is 15.6. The summed E-state index contributed by atoms with van der Waals surface area (Å²) in [5.74, 6) is -3.00. The van der Waals surface area contributed by atoms with Gasteiger partial charge < -0.3 is 5.32 Å². The minimum Gasteiger partial charge on any atom is -0.345 e. The summed E-state index contributed by atoms with van der Waals surface area (Å²) in [5.41, 5.74) is -0.464. The van der Waals surface area contributed by atoms with Crippen LogP contribution in [0.1, 0.15) is 28.9 Å². The van der Waals surface area contributed by atoms with E-state index >= 15 is 0 Å². The highest BCUT2D eigenvalue weighted by Crippen LogP contribution is 2.22. The maximum atomic E-state index is 13.8. The molecule has 0 heterocycles. The summed E-state index contributed by atoms with van der Waals surface area (Å²) in [6.07, 6.45) is 0. The molecule has 0 bridgehead atoms. The monoisotopic (exact) mass is 357 g/mol. The molecule has 2 aromatic rings. The van der Waals surface area contributed by atoms with Gasteiger partial charge in [0.25, 0.3) is 5.91 Å². The standard InChI is InChI=1S/C15H11BrF3NO/c1-8(13-11(17)6-3-7-12(13)18)20-15(21)9-4-2-5-10(16)14(9)19/h2-8H,1H3,(H,20,21). The van der Waals surface area contributed by atoms with Gasteiger partial charge in [-0.05, 0) is 47.1 Å². The minimum absolute atomic E-state index is 0.139. The highest BCUT2D eigenvalue weighted by Gasteiger charge is 2.20. The van der Waals surface area contributed by atoms with Crippen LogP contribution < -0.4 is 5.32 Å². The van der Waals surface area contributed by atoms with Gasteiger partial charge in [0.1, 0.15) is 17.5 Å². The molecule has 2 aromatic carbocycles. The third kappa shape index (κ3) is 3.26. The first-order chi connectivity index (χ1) is 9.91. The zero-order valence-electron chi connectivity index (χ0n) is 11.0. The Morgan fingerprint density at radius 3 is 2.29 bits per heavy atom. The normalized spacial score (nSPS) is 12.0. The topological polar surface area (TPSA) is 29.1 Å². The predicted molar refractivity (Wildman–Crippen MR) is 76.3 cm³/mol. The summed E-state index contributed by atoms with van der Waals surface area (Å²) in [6.45, 7) is 1.43. The summed E-state index contributed by atoms with van der Waals surface area (Å²) < 4.78 is 41.2. The van der Waals surface area contributed by atoms with Crippen molar-refractivity contribution in [3.8, 4) is 0 Å². The molecule has 0 spiro atoms. The zero-order valence-corrected chi connectivity index (χ0v) is 12.5. The molecule has 0 saturated carbocycles. The van der Waals surface area contributed by atoms with Gasteiger partial charge in [0.15, 0.2) is 0 Å². The van der Waals surface area contributed by atoms with E-state index in [4.69, 9.17) is 0 Å². The van der Waals surface area contributed by atoms with Crippen molar-refractivity contribution in [1.29, 1.82) is 0 Å². The SMILES string of the molecule is CC(NC(=O)c1cccc(Br)c1F)c1c(F)cccc1F. The van der Waals surface area contributed by atoms with Crippen molar-refractivity contribution in [3.63, 3.8) is 0 Å². The third-order valence-electron chi connectivity index (χ3n) is 2.98. The first kappa shape index (κ1) is 15.6. The predicted octanol–water partition coefficient (Wildman–Crippen LogP) is 4.36. The van der Waals surface area contributed by atoms with Crippen molar-refractivity contribution < 1.29 is 18.0 Å². The molecular weight excluding hydrogens is 347 g/mol. The summed E-state index contributed by atoms with van der Waals surface area (Å²) in [4.78, 5) is 12.0. The van der Waals surface area contributed by atoms with Crippen LogP contribution in [-0.2, 0) is 0 Å². The van der Waals surface area contributed by atoms with E-state index in [0.717, 1.165) is 12.1 Å². The molecule has 1 unspecified atom stereocenters. The highest BCUT2D eigenvalue weighted by atomic mass is 79.9. The second-order valence-electron chi connectivity index (χ2n) is 4.43. The molecule has 1 N–H and O–H groups in total. The summed E-state index contributed by atoms with van der Waals surface area (Å²) in [6, 6.07) is 6.73. The number of hydrogen-bond acceptors (Lipinski definition) is 1. The maximum absolute atomic E-state index is 13.8. The van der Waals surface area contributed by atoms with E-state index in [1.165, 1.54) is 31.2 Å². The molecular formula is C15H11BrF3NO. The quantitative estimate of drug-likeness (QED) is 0.868. The summed E-state index contributed by atoms with van der Waals surface area (Å²) in [7, 11) is 0. The Bertz CT molecular complexity index is 670. The van der Waals surface area contributed by atoms with E-state index in [1.807, 2.05) is 0 Å². The lowest BCUT2D eigenvalue weighted by Gasteiger charge is -2.16. The fourth-order valence-electron chi connectivity index (χ4n) is 1.95. The lowest BCUT2D eigenvalue weighted by Crippen LogP contribution is -2.28. The van der Waals surface area contributed by atoms with Crippen LogP contribution >= 0.6 is 15.9 Å². The van der Waals surface area contributed by atoms with Crippen LogP contribution in [-0.4, -0.2) is 5.91 Å². The van der Waals surface area contributed by atoms with E-state index in [9.17, 15) is 18.0 Å². The van der Waals surface area contributed by atoms with Crippen LogP contribution in [0.4, 0.5) is 13.2 Å². The van der Waals surface area contributed by atoms with Gasteiger partial charge in [-0.1, -0.05) is 12.1 Å². The molecule has 0 aliphatic carbocycles. The Hall–Kier alpha value is -1.82. The van der Waals surface area contributed by atoms with Gasteiger partial charge in [0.2, 0.25) is 0 Å². The molecule has 0 saturated heterocycles. The number of benzene rings is 2. The van der Waals surface area contributed by atoms with E-state index in [-0.39, 0.29) is 15.6 Å². The Balaban J connectivity index is 2.25. The Morgan fingerprint density at radius 1 is 1.10 bits per heavy atom. The molecule has 0 aliphatic heterocycles. The first-order valence-electron chi connectivity index (χ1n) is 6.10. The number of halogens is 4. The second kappa shape index (κ2) is 6.30. The van der Waals surface area contributed by atoms with Gasteiger partial charge in [-0.15, -0.1) is 0 Å². The smallest absolute Gasteiger partial charge is 0.254 e. The molecule has 1 amide bonds. The van der Waals surface area contributed by atoms with Crippen molar-refractivity contribution in [2.45, 2.75) is 13.0 Å². The van der Waals surface area contributed by atoms with Crippen molar-refractivity contribution in [2.24, 2.45) is 0 Å². The molecule has 0 aromatic heterocycles. The molecule has 6 heteroatoms. The molecule has 0 aliphatic rings. The third-order valence-corrected chi connectivity index (χ3v) is 3.59. The number of amides is 1. The fraction of sp³-hybridized carbons (Fsp3) is 0.133.